The predicted molar refractivity (Wildman–Crippen MR) is 120 cm³/mol. The van der Waals surface area contributed by atoms with Crippen LogP contribution >= 0.6 is 12.2 Å². The van der Waals surface area contributed by atoms with E-state index in [2.05, 4.69) is 10.0 Å². The number of phenols is 1. The maximum absolute atomic E-state index is 10.2. The third-order valence-electron chi connectivity index (χ3n) is 3.99. The summed E-state index contributed by atoms with van der Waals surface area (Å²) in [6.45, 7) is 0. The van der Waals surface area contributed by atoms with Gasteiger partial charge in [0.15, 0.2) is 0 Å². The van der Waals surface area contributed by atoms with E-state index in [4.69, 9.17) is 8.92 Å². The molecule has 0 aromatic heterocycles. The van der Waals surface area contributed by atoms with Gasteiger partial charge in [0.05, 0.1) is 25.6 Å². The van der Waals surface area contributed by atoms with E-state index in [-0.39, 0.29) is 5.75 Å². The predicted octanol–water partition coefficient (Wildman–Crippen LogP) is 5.23. The van der Waals surface area contributed by atoms with Crippen molar-refractivity contribution in [1.82, 2.24) is 0 Å². The molecule has 0 aliphatic carbocycles. The largest absolute Gasteiger partial charge is 0.507 e. The second-order valence-electron chi connectivity index (χ2n) is 5.77. The minimum absolute atomic E-state index is 0.275. The normalized spacial score (nSPS) is 9.76. The molecule has 152 valence electrons. The lowest BCUT2D eigenvalue weighted by Gasteiger charge is -2.12. The van der Waals surface area contributed by atoms with Crippen LogP contribution in [-0.2, 0) is 4.18 Å². The minimum Gasteiger partial charge on any atom is -0.507 e. The summed E-state index contributed by atoms with van der Waals surface area (Å²) in [6.07, 6.45) is 0.805. The number of carbonyl (C=O) groups is 1. The van der Waals surface area contributed by atoms with Crippen LogP contribution in [0.15, 0.2) is 66.7 Å². The summed E-state index contributed by atoms with van der Waals surface area (Å²) in [5.41, 5.74) is 4.29. The zero-order valence-electron chi connectivity index (χ0n) is 16.5. The Bertz CT molecular complexity index is 917. The monoisotopic (exact) mass is 412 g/mol. The van der Waals surface area contributed by atoms with Crippen molar-refractivity contribution >= 4 is 29.9 Å². The SMILES string of the molecule is CNc1cc(-c2ccccc2O)ccc1NSOC.COc1ccc(C=O)cc1. The molecule has 3 aromatic carbocycles. The Hall–Kier alpha value is -3.16. The van der Waals surface area contributed by atoms with Gasteiger partial charge in [-0.2, -0.15) is 0 Å². The molecule has 0 fully saturated rings. The van der Waals surface area contributed by atoms with Gasteiger partial charge in [0, 0.05) is 18.2 Å². The van der Waals surface area contributed by atoms with Crippen LogP contribution in [0.25, 0.3) is 11.1 Å². The molecular weight excluding hydrogens is 388 g/mol. The highest BCUT2D eigenvalue weighted by Crippen LogP contribution is 2.34. The minimum atomic E-state index is 0.275. The van der Waals surface area contributed by atoms with Crippen molar-refractivity contribution in [2.24, 2.45) is 0 Å². The fourth-order valence-electron chi connectivity index (χ4n) is 2.49. The molecule has 0 bridgehead atoms. The summed E-state index contributed by atoms with van der Waals surface area (Å²) < 4.78 is 12.9. The van der Waals surface area contributed by atoms with Gasteiger partial charge in [0.25, 0.3) is 0 Å². The van der Waals surface area contributed by atoms with Gasteiger partial charge in [-0.05, 0) is 48.0 Å². The number of phenolic OH excluding ortho intramolecular Hbond substituents is 1. The first-order chi connectivity index (χ1) is 14.1. The zero-order valence-corrected chi connectivity index (χ0v) is 17.3. The molecule has 0 aliphatic rings. The molecule has 7 heteroatoms. The molecule has 29 heavy (non-hydrogen) atoms. The van der Waals surface area contributed by atoms with Crippen LogP contribution in [0.1, 0.15) is 10.4 Å². The van der Waals surface area contributed by atoms with Gasteiger partial charge >= 0.3 is 0 Å². The van der Waals surface area contributed by atoms with Gasteiger partial charge in [-0.25, -0.2) is 0 Å². The van der Waals surface area contributed by atoms with E-state index in [0.29, 0.717) is 5.56 Å². The van der Waals surface area contributed by atoms with Gasteiger partial charge in [0.1, 0.15) is 30.0 Å². The first kappa shape index (κ1) is 22.1. The molecule has 0 saturated heterocycles. The number of ether oxygens (including phenoxy) is 1. The maximum Gasteiger partial charge on any atom is 0.150 e. The smallest absolute Gasteiger partial charge is 0.150 e. The van der Waals surface area contributed by atoms with Crippen molar-refractivity contribution in [3.63, 3.8) is 0 Å². The fraction of sp³-hybridized carbons (Fsp3) is 0.136. The van der Waals surface area contributed by atoms with Crippen LogP contribution in [0.2, 0.25) is 0 Å². The average molecular weight is 413 g/mol. The van der Waals surface area contributed by atoms with E-state index >= 15 is 0 Å². The highest BCUT2D eigenvalue weighted by molar-refractivity contribution is 7.96. The summed E-state index contributed by atoms with van der Waals surface area (Å²) in [7, 11) is 5.05. The van der Waals surface area contributed by atoms with E-state index in [1.54, 1.807) is 44.6 Å². The van der Waals surface area contributed by atoms with Crippen LogP contribution in [0.4, 0.5) is 11.4 Å². The Morgan fingerprint density at radius 1 is 0.966 bits per heavy atom. The van der Waals surface area contributed by atoms with Gasteiger partial charge in [0.2, 0.25) is 0 Å². The third-order valence-corrected chi connectivity index (χ3v) is 4.46. The number of methoxy groups -OCH3 is 1. The lowest BCUT2D eigenvalue weighted by molar-refractivity contribution is 0.112. The molecular formula is C22H24N2O4S. The standard InChI is InChI=1S/C14H16N2O2S.C8H8O2/c1-15-13-9-10(7-8-12(13)16-19-18-2)11-5-3-4-6-14(11)17;1-10-8-4-2-7(6-9)3-5-8/h3-9,15-17H,1-2H3;2-6H,1H3. The second kappa shape index (κ2) is 11.6. The van der Waals surface area contributed by atoms with E-state index in [0.717, 1.165) is 46.8 Å². The second-order valence-corrected chi connectivity index (χ2v) is 6.47. The first-order valence-electron chi connectivity index (χ1n) is 8.78. The molecule has 0 amide bonds. The molecule has 0 atom stereocenters. The molecule has 6 nitrogen and oxygen atoms in total. The number of nitrogens with one attached hydrogen (secondary N) is 2. The molecule has 0 radical (unpaired) electrons. The quantitative estimate of drug-likeness (QED) is 0.278. The Labute approximate surface area is 175 Å². The Balaban J connectivity index is 0.000000253. The molecule has 0 heterocycles. The number of aldehydes is 1. The van der Waals surface area contributed by atoms with Crippen molar-refractivity contribution < 1.29 is 18.8 Å². The van der Waals surface area contributed by atoms with Crippen LogP contribution in [-0.4, -0.2) is 32.7 Å². The Morgan fingerprint density at radius 2 is 1.69 bits per heavy atom. The molecule has 3 N–H and O–H groups in total. The van der Waals surface area contributed by atoms with Gasteiger partial charge in [-0.15, -0.1) is 0 Å². The van der Waals surface area contributed by atoms with Crippen molar-refractivity contribution in [2.45, 2.75) is 0 Å². The van der Waals surface area contributed by atoms with Gasteiger partial charge in [-0.3, -0.25) is 4.79 Å². The summed E-state index contributed by atoms with van der Waals surface area (Å²) in [5.74, 6) is 1.04. The highest BCUT2D eigenvalue weighted by Gasteiger charge is 2.07. The number of anilines is 2. The fourth-order valence-corrected chi connectivity index (χ4v) is 2.85. The van der Waals surface area contributed by atoms with E-state index in [1.165, 1.54) is 0 Å². The van der Waals surface area contributed by atoms with E-state index in [1.807, 2.05) is 43.4 Å². The summed E-state index contributed by atoms with van der Waals surface area (Å²) in [6, 6.07) is 20.1. The lowest BCUT2D eigenvalue weighted by atomic mass is 10.0. The molecule has 0 unspecified atom stereocenters. The number of aromatic hydroxyl groups is 1. The van der Waals surface area contributed by atoms with Crippen molar-refractivity contribution in [3.05, 3.63) is 72.3 Å². The van der Waals surface area contributed by atoms with Crippen LogP contribution in [0.5, 0.6) is 11.5 Å². The molecule has 0 aliphatic heterocycles. The number of hydrogen-bond acceptors (Lipinski definition) is 7. The Morgan fingerprint density at radius 3 is 2.28 bits per heavy atom. The maximum atomic E-state index is 10.2. The number of benzene rings is 3. The zero-order chi connectivity index (χ0) is 21.1. The summed E-state index contributed by atoms with van der Waals surface area (Å²) in [4.78, 5) is 10.2. The van der Waals surface area contributed by atoms with Crippen LogP contribution < -0.4 is 14.8 Å². The number of rotatable bonds is 7. The van der Waals surface area contributed by atoms with Gasteiger partial charge in [-0.1, -0.05) is 24.3 Å². The lowest BCUT2D eigenvalue weighted by Crippen LogP contribution is -1.96. The highest BCUT2D eigenvalue weighted by atomic mass is 32.2. The summed E-state index contributed by atoms with van der Waals surface area (Å²) in [5, 5.41) is 13.0. The average Bonchev–Trinajstić information content (AvgIpc) is 2.78. The van der Waals surface area contributed by atoms with Crippen LogP contribution in [0, 0.1) is 0 Å². The van der Waals surface area contributed by atoms with E-state index < -0.39 is 0 Å². The van der Waals surface area contributed by atoms with Crippen LogP contribution in [0.3, 0.4) is 0 Å². The first-order valence-corrected chi connectivity index (χ1v) is 9.52. The molecule has 0 spiro atoms. The van der Waals surface area contributed by atoms with E-state index in [9.17, 15) is 9.90 Å². The molecule has 0 saturated carbocycles. The van der Waals surface area contributed by atoms with Crippen molar-refractivity contribution in [2.75, 3.05) is 31.3 Å². The van der Waals surface area contributed by atoms with Crippen molar-refractivity contribution in [3.8, 4) is 22.6 Å². The molecule has 3 aromatic rings. The number of carbonyl (C=O) groups excluding carboxylic acids is 1. The number of hydrogen-bond donors (Lipinski definition) is 3. The summed E-state index contributed by atoms with van der Waals surface area (Å²) >= 11 is 1.16. The topological polar surface area (TPSA) is 79.8 Å². The van der Waals surface area contributed by atoms with Crippen molar-refractivity contribution in [1.29, 1.82) is 0 Å². The molecule has 3 rings (SSSR count). The Kier molecular flexibility index (Phi) is 8.88. The number of para-hydroxylation sites is 1. The van der Waals surface area contributed by atoms with Gasteiger partial charge < -0.3 is 24.1 Å². The third kappa shape index (κ3) is 6.44.